The number of carbonyl (C=O) groups excluding carboxylic acids is 3. The lowest BCUT2D eigenvalue weighted by molar-refractivity contribution is -0.128. The first-order valence-corrected chi connectivity index (χ1v) is 2.52. The maximum atomic E-state index is 10.5. The van der Waals surface area contributed by atoms with Gasteiger partial charge in [-0.2, -0.15) is 0 Å². The predicted octanol–water partition coefficient (Wildman–Crippen LogP) is -2.32. The molecule has 1 fully saturated rings. The highest BCUT2D eigenvalue weighted by molar-refractivity contribution is 6.15. The number of amides is 4. The molecular formula is C4H5N3O3. The molecule has 0 aliphatic carbocycles. The van der Waals surface area contributed by atoms with Gasteiger partial charge in [0, 0.05) is 0 Å². The number of imide groups is 1. The average molecular weight is 143 g/mol. The van der Waals surface area contributed by atoms with E-state index in [1.807, 2.05) is 10.6 Å². The first-order chi connectivity index (χ1) is 4.61. The van der Waals surface area contributed by atoms with Crippen molar-refractivity contribution in [3.63, 3.8) is 0 Å². The van der Waals surface area contributed by atoms with Gasteiger partial charge in [0.05, 0.1) is 0 Å². The molecule has 0 aromatic rings. The molecule has 4 amide bonds. The third kappa shape index (κ3) is 0.903. The molecule has 0 radical (unpaired) electrons. The van der Waals surface area contributed by atoms with Crippen LogP contribution in [0.3, 0.4) is 0 Å². The van der Waals surface area contributed by atoms with Crippen molar-refractivity contribution in [2.45, 2.75) is 6.04 Å². The number of nitrogens with one attached hydrogen (secondary N) is 2. The molecule has 1 saturated heterocycles. The van der Waals surface area contributed by atoms with Crippen LogP contribution in [0.4, 0.5) is 4.79 Å². The molecule has 0 spiro atoms. The molecule has 0 bridgehead atoms. The molecule has 4 N–H and O–H groups in total. The van der Waals surface area contributed by atoms with E-state index in [1.165, 1.54) is 0 Å². The van der Waals surface area contributed by atoms with Gasteiger partial charge in [-0.3, -0.25) is 14.9 Å². The van der Waals surface area contributed by atoms with E-state index < -0.39 is 23.9 Å². The Kier molecular flexibility index (Phi) is 1.29. The summed E-state index contributed by atoms with van der Waals surface area (Å²) in [6.45, 7) is 0. The number of hydrogen-bond donors (Lipinski definition) is 3. The maximum Gasteiger partial charge on any atom is 0.322 e. The van der Waals surface area contributed by atoms with Crippen molar-refractivity contribution < 1.29 is 14.4 Å². The van der Waals surface area contributed by atoms with Crippen molar-refractivity contribution in [3.8, 4) is 0 Å². The minimum Gasteiger partial charge on any atom is -0.367 e. The molecule has 1 aliphatic rings. The average Bonchev–Trinajstić information content (AvgIpc) is 2.10. The van der Waals surface area contributed by atoms with E-state index >= 15 is 0 Å². The monoisotopic (exact) mass is 143 g/mol. The van der Waals surface area contributed by atoms with E-state index in [4.69, 9.17) is 5.73 Å². The number of urea groups is 1. The van der Waals surface area contributed by atoms with E-state index in [2.05, 4.69) is 0 Å². The Balaban J connectivity index is 2.72. The van der Waals surface area contributed by atoms with E-state index in [-0.39, 0.29) is 0 Å². The molecule has 1 rings (SSSR count). The Morgan fingerprint density at radius 3 is 2.30 bits per heavy atom. The van der Waals surface area contributed by atoms with Crippen LogP contribution >= 0.6 is 0 Å². The van der Waals surface area contributed by atoms with E-state index in [0.717, 1.165) is 0 Å². The molecule has 10 heavy (non-hydrogen) atoms. The van der Waals surface area contributed by atoms with Gasteiger partial charge in [-0.05, 0) is 0 Å². The van der Waals surface area contributed by atoms with Crippen LogP contribution in [0, 0.1) is 0 Å². The number of primary amides is 1. The summed E-state index contributed by atoms with van der Waals surface area (Å²) in [6, 6.07) is -1.89. The Bertz CT molecular complexity index is 212. The number of rotatable bonds is 1. The van der Waals surface area contributed by atoms with Crippen LogP contribution in [0.15, 0.2) is 0 Å². The highest BCUT2D eigenvalue weighted by atomic mass is 16.2. The van der Waals surface area contributed by atoms with Crippen molar-refractivity contribution in [1.82, 2.24) is 10.6 Å². The fourth-order valence-corrected chi connectivity index (χ4v) is 0.617. The van der Waals surface area contributed by atoms with Crippen LogP contribution in [0.1, 0.15) is 0 Å². The number of hydrogen-bond acceptors (Lipinski definition) is 3. The largest absolute Gasteiger partial charge is 0.367 e. The summed E-state index contributed by atoms with van der Waals surface area (Å²) in [5, 5.41) is 3.89. The second-order valence-electron chi connectivity index (χ2n) is 1.80. The molecule has 0 aromatic heterocycles. The lowest BCUT2D eigenvalue weighted by Gasteiger charge is -1.97. The molecule has 1 aliphatic heterocycles. The van der Waals surface area contributed by atoms with Crippen LogP contribution in [0.5, 0.6) is 0 Å². The predicted molar refractivity (Wildman–Crippen MR) is 29.7 cm³/mol. The minimum absolute atomic E-state index is 0.686. The lowest BCUT2D eigenvalue weighted by atomic mass is 10.3. The normalized spacial score (nSPS) is 23.8. The minimum atomic E-state index is -1.20. The van der Waals surface area contributed by atoms with Gasteiger partial charge in [-0.1, -0.05) is 0 Å². The smallest absolute Gasteiger partial charge is 0.322 e. The SMILES string of the molecule is NC(=O)[C@H]1NC(=O)NC1=O. The number of nitrogens with two attached hydrogens (primary N) is 1. The third-order valence-corrected chi connectivity index (χ3v) is 1.06. The second kappa shape index (κ2) is 1.98. The van der Waals surface area contributed by atoms with Gasteiger partial charge in [-0.15, -0.1) is 0 Å². The first-order valence-electron chi connectivity index (χ1n) is 2.52. The van der Waals surface area contributed by atoms with Gasteiger partial charge in [-0.25, -0.2) is 4.79 Å². The Labute approximate surface area is 55.8 Å². The van der Waals surface area contributed by atoms with Gasteiger partial charge >= 0.3 is 6.03 Å². The molecular weight excluding hydrogens is 138 g/mol. The van der Waals surface area contributed by atoms with Crippen LogP contribution in [-0.4, -0.2) is 23.9 Å². The maximum absolute atomic E-state index is 10.5. The highest BCUT2D eigenvalue weighted by Gasteiger charge is 2.33. The summed E-state index contributed by atoms with van der Waals surface area (Å²) in [7, 11) is 0. The number of carbonyl (C=O) groups is 3. The van der Waals surface area contributed by atoms with Crippen LogP contribution in [0.25, 0.3) is 0 Å². The van der Waals surface area contributed by atoms with Crippen LogP contribution in [0.2, 0.25) is 0 Å². The van der Waals surface area contributed by atoms with Crippen LogP contribution in [-0.2, 0) is 9.59 Å². The van der Waals surface area contributed by atoms with Gasteiger partial charge in [0.1, 0.15) is 0 Å². The standard InChI is InChI=1S/C4H5N3O3/c5-2(8)1-3(9)7-4(10)6-1/h1H,(H2,5,8)(H2,6,7,9,10)/t1-/m1/s1. The summed E-state index contributed by atoms with van der Waals surface area (Å²) < 4.78 is 0. The molecule has 6 nitrogen and oxygen atoms in total. The Hall–Kier alpha value is -1.59. The molecule has 0 aromatic carbocycles. The molecule has 1 atom stereocenters. The van der Waals surface area contributed by atoms with Gasteiger partial charge in [0.2, 0.25) is 5.91 Å². The van der Waals surface area contributed by atoms with Crippen molar-refractivity contribution >= 4 is 17.8 Å². The Morgan fingerprint density at radius 1 is 1.50 bits per heavy atom. The Morgan fingerprint density at radius 2 is 2.10 bits per heavy atom. The van der Waals surface area contributed by atoms with Gasteiger partial charge in [0.25, 0.3) is 5.91 Å². The van der Waals surface area contributed by atoms with Crippen molar-refractivity contribution in [1.29, 1.82) is 0 Å². The summed E-state index contributed by atoms with van der Waals surface area (Å²) >= 11 is 0. The van der Waals surface area contributed by atoms with Crippen molar-refractivity contribution in [2.75, 3.05) is 0 Å². The topological polar surface area (TPSA) is 101 Å². The van der Waals surface area contributed by atoms with Gasteiger partial charge in [0.15, 0.2) is 6.04 Å². The fraction of sp³-hybridized carbons (Fsp3) is 0.250. The van der Waals surface area contributed by atoms with Crippen LogP contribution < -0.4 is 16.4 Å². The lowest BCUT2D eigenvalue weighted by Crippen LogP contribution is -2.41. The molecule has 0 unspecified atom stereocenters. The summed E-state index contributed by atoms with van der Waals surface area (Å²) in [4.78, 5) is 31.2. The fourth-order valence-electron chi connectivity index (χ4n) is 0.617. The molecule has 1 heterocycles. The van der Waals surface area contributed by atoms with Crippen molar-refractivity contribution in [3.05, 3.63) is 0 Å². The first kappa shape index (κ1) is 6.53. The molecule has 54 valence electrons. The quantitative estimate of drug-likeness (QED) is 0.283. The van der Waals surface area contributed by atoms with E-state index in [1.54, 1.807) is 0 Å². The van der Waals surface area contributed by atoms with E-state index in [0.29, 0.717) is 0 Å². The summed E-state index contributed by atoms with van der Waals surface area (Å²) in [5.41, 5.74) is 4.74. The highest BCUT2D eigenvalue weighted by Crippen LogP contribution is 1.89. The molecule has 6 heteroatoms. The third-order valence-electron chi connectivity index (χ3n) is 1.06. The second-order valence-corrected chi connectivity index (χ2v) is 1.80. The summed E-state index contributed by atoms with van der Waals surface area (Å²) in [5.74, 6) is -1.55. The zero-order chi connectivity index (χ0) is 7.72. The van der Waals surface area contributed by atoms with E-state index in [9.17, 15) is 14.4 Å². The molecule has 0 saturated carbocycles. The zero-order valence-electron chi connectivity index (χ0n) is 4.88. The van der Waals surface area contributed by atoms with Crippen molar-refractivity contribution in [2.24, 2.45) is 5.73 Å². The van der Waals surface area contributed by atoms with Gasteiger partial charge < -0.3 is 11.1 Å². The zero-order valence-corrected chi connectivity index (χ0v) is 4.88. The summed E-state index contributed by atoms with van der Waals surface area (Å²) in [6.07, 6.45) is 0.